The second-order valence-electron chi connectivity index (χ2n) is 3.04. The average Bonchev–Trinajstić information content (AvgIpc) is 2.22. The summed E-state index contributed by atoms with van der Waals surface area (Å²) in [7, 11) is 0. The summed E-state index contributed by atoms with van der Waals surface area (Å²) in [6.45, 7) is 0. The minimum atomic E-state index is -0.00171. The third-order valence-electron chi connectivity index (χ3n) is 1.80. The second kappa shape index (κ2) is 4.91. The molecule has 0 radical (unpaired) electrons. The summed E-state index contributed by atoms with van der Waals surface area (Å²) in [5.74, 6) is 0.220. The molecule has 0 aliphatic carbocycles. The van der Waals surface area contributed by atoms with Gasteiger partial charge in [-0.25, -0.2) is 0 Å². The van der Waals surface area contributed by atoms with Crippen LogP contribution in [-0.4, -0.2) is 15.0 Å². The Kier molecular flexibility index (Phi) is 3.51. The van der Waals surface area contributed by atoms with Crippen LogP contribution in [0.5, 0.6) is 0 Å². The molecule has 2 aromatic rings. The molecule has 1 aromatic heterocycles. The molecule has 8 heteroatoms. The molecule has 0 aliphatic heterocycles. The maximum absolute atomic E-state index is 5.97. The van der Waals surface area contributed by atoms with Crippen molar-refractivity contribution in [3.05, 3.63) is 33.5 Å². The van der Waals surface area contributed by atoms with E-state index in [0.717, 1.165) is 0 Å². The fraction of sp³-hybridized carbons (Fsp3) is 0. The van der Waals surface area contributed by atoms with Crippen LogP contribution < -0.4 is 11.1 Å². The Bertz CT molecular complexity index is 540. The molecule has 1 aromatic carbocycles. The highest BCUT2D eigenvalue weighted by atomic mass is 35.5. The molecular weight excluding hydrogens is 284 g/mol. The minimum Gasteiger partial charge on any atom is -0.368 e. The van der Waals surface area contributed by atoms with Gasteiger partial charge in [0, 0.05) is 5.02 Å². The van der Waals surface area contributed by atoms with Crippen molar-refractivity contribution in [2.24, 2.45) is 0 Å². The van der Waals surface area contributed by atoms with Gasteiger partial charge >= 0.3 is 0 Å². The summed E-state index contributed by atoms with van der Waals surface area (Å²) < 4.78 is 0. The zero-order chi connectivity index (χ0) is 12.4. The van der Waals surface area contributed by atoms with Crippen LogP contribution in [0.15, 0.2) is 18.2 Å². The number of nitrogens with one attached hydrogen (secondary N) is 1. The monoisotopic (exact) mass is 289 g/mol. The molecule has 0 atom stereocenters. The summed E-state index contributed by atoms with van der Waals surface area (Å²) in [6.07, 6.45) is 0. The number of aromatic nitrogens is 3. The van der Waals surface area contributed by atoms with E-state index in [0.29, 0.717) is 15.7 Å². The Labute approximate surface area is 112 Å². The number of hydrogen-bond acceptors (Lipinski definition) is 5. The average molecular weight is 291 g/mol. The van der Waals surface area contributed by atoms with Crippen molar-refractivity contribution in [1.29, 1.82) is 0 Å². The van der Waals surface area contributed by atoms with E-state index in [9.17, 15) is 0 Å². The molecule has 1 heterocycles. The highest BCUT2D eigenvalue weighted by Crippen LogP contribution is 2.27. The van der Waals surface area contributed by atoms with Crippen LogP contribution in [-0.2, 0) is 0 Å². The fourth-order valence-corrected chi connectivity index (χ4v) is 1.64. The van der Waals surface area contributed by atoms with E-state index >= 15 is 0 Å². The molecule has 0 fully saturated rings. The van der Waals surface area contributed by atoms with E-state index in [4.69, 9.17) is 40.5 Å². The lowest BCUT2D eigenvalue weighted by Crippen LogP contribution is -2.03. The van der Waals surface area contributed by atoms with Crippen molar-refractivity contribution in [3.63, 3.8) is 0 Å². The Morgan fingerprint density at radius 3 is 2.53 bits per heavy atom. The summed E-state index contributed by atoms with van der Waals surface area (Å²) in [4.78, 5) is 11.3. The predicted molar refractivity (Wildman–Crippen MR) is 69.0 cm³/mol. The van der Waals surface area contributed by atoms with Crippen LogP contribution in [0.3, 0.4) is 0 Å². The van der Waals surface area contributed by atoms with Gasteiger partial charge in [-0.2, -0.15) is 15.0 Å². The number of nitrogens with two attached hydrogens (primary N) is 1. The first-order valence-electron chi connectivity index (χ1n) is 4.44. The standard InChI is InChI=1S/C9H6Cl3N5/c10-4-1-2-5(11)6(3-4)14-9-16-7(12)15-8(13)17-9/h1-3H,(H3,13,14,15,16,17). The number of halogens is 3. The molecule has 0 saturated heterocycles. The lowest BCUT2D eigenvalue weighted by molar-refractivity contribution is 1.07. The first-order valence-corrected chi connectivity index (χ1v) is 5.57. The quantitative estimate of drug-likeness (QED) is 0.888. The first-order chi connectivity index (χ1) is 8.04. The molecule has 2 rings (SSSR count). The molecule has 0 bridgehead atoms. The Balaban J connectivity index is 2.34. The minimum absolute atomic E-state index is 0.00171. The van der Waals surface area contributed by atoms with Crippen molar-refractivity contribution in [2.75, 3.05) is 11.1 Å². The third-order valence-corrected chi connectivity index (χ3v) is 2.53. The lowest BCUT2D eigenvalue weighted by atomic mass is 10.3. The zero-order valence-corrected chi connectivity index (χ0v) is 10.6. The molecule has 88 valence electrons. The molecule has 0 saturated carbocycles. The largest absolute Gasteiger partial charge is 0.368 e. The Morgan fingerprint density at radius 1 is 1.06 bits per heavy atom. The summed E-state index contributed by atoms with van der Waals surface area (Å²) >= 11 is 17.5. The van der Waals surface area contributed by atoms with Gasteiger partial charge in [0.15, 0.2) is 0 Å². The van der Waals surface area contributed by atoms with Crippen LogP contribution in [0.4, 0.5) is 17.6 Å². The van der Waals surface area contributed by atoms with Gasteiger partial charge in [0.05, 0.1) is 10.7 Å². The molecule has 0 unspecified atom stereocenters. The van der Waals surface area contributed by atoms with Crippen molar-refractivity contribution >= 4 is 52.4 Å². The highest BCUT2D eigenvalue weighted by Gasteiger charge is 2.06. The summed E-state index contributed by atoms with van der Waals surface area (Å²) in [6, 6.07) is 4.96. The normalized spacial score (nSPS) is 10.3. The van der Waals surface area contributed by atoms with E-state index < -0.39 is 0 Å². The molecule has 0 aliphatic rings. The van der Waals surface area contributed by atoms with Gasteiger partial charge in [0.1, 0.15) is 0 Å². The van der Waals surface area contributed by atoms with E-state index in [-0.39, 0.29) is 17.2 Å². The van der Waals surface area contributed by atoms with Gasteiger partial charge in [0.25, 0.3) is 0 Å². The maximum Gasteiger partial charge on any atom is 0.233 e. The van der Waals surface area contributed by atoms with E-state index in [1.165, 1.54) is 0 Å². The first kappa shape index (κ1) is 12.2. The van der Waals surface area contributed by atoms with Crippen LogP contribution in [0.25, 0.3) is 0 Å². The smallest absolute Gasteiger partial charge is 0.233 e. The summed E-state index contributed by atoms with van der Waals surface area (Å²) in [5.41, 5.74) is 5.99. The lowest BCUT2D eigenvalue weighted by Gasteiger charge is -2.07. The molecular formula is C9H6Cl3N5. The van der Waals surface area contributed by atoms with E-state index in [1.807, 2.05) is 0 Å². The van der Waals surface area contributed by atoms with Gasteiger partial charge in [-0.1, -0.05) is 23.2 Å². The van der Waals surface area contributed by atoms with Crippen molar-refractivity contribution < 1.29 is 0 Å². The number of rotatable bonds is 2. The van der Waals surface area contributed by atoms with Crippen molar-refractivity contribution in [2.45, 2.75) is 0 Å². The Hall–Kier alpha value is -1.30. The molecule has 0 amide bonds. The van der Waals surface area contributed by atoms with Gasteiger partial charge in [-0.3, -0.25) is 0 Å². The van der Waals surface area contributed by atoms with Gasteiger partial charge < -0.3 is 11.1 Å². The zero-order valence-electron chi connectivity index (χ0n) is 8.28. The second-order valence-corrected chi connectivity index (χ2v) is 4.22. The van der Waals surface area contributed by atoms with Crippen LogP contribution in [0, 0.1) is 0 Å². The maximum atomic E-state index is 5.97. The van der Waals surface area contributed by atoms with Crippen molar-refractivity contribution in [3.8, 4) is 0 Å². The molecule has 17 heavy (non-hydrogen) atoms. The predicted octanol–water partition coefficient (Wildman–Crippen LogP) is 3.16. The molecule has 0 spiro atoms. The topological polar surface area (TPSA) is 76.7 Å². The van der Waals surface area contributed by atoms with Crippen molar-refractivity contribution in [1.82, 2.24) is 15.0 Å². The van der Waals surface area contributed by atoms with Gasteiger partial charge in [0.2, 0.25) is 17.2 Å². The number of anilines is 3. The number of nitrogens with zero attached hydrogens (tertiary/aromatic N) is 3. The summed E-state index contributed by atoms with van der Waals surface area (Å²) in [5, 5.41) is 3.86. The van der Waals surface area contributed by atoms with Crippen LogP contribution >= 0.6 is 34.8 Å². The number of hydrogen-bond donors (Lipinski definition) is 2. The van der Waals surface area contributed by atoms with E-state index in [2.05, 4.69) is 20.3 Å². The van der Waals surface area contributed by atoms with Crippen LogP contribution in [0.1, 0.15) is 0 Å². The van der Waals surface area contributed by atoms with Crippen LogP contribution in [0.2, 0.25) is 15.3 Å². The SMILES string of the molecule is Nc1nc(Cl)nc(Nc2cc(Cl)ccc2Cl)n1. The van der Waals surface area contributed by atoms with Gasteiger partial charge in [-0.05, 0) is 29.8 Å². The highest BCUT2D eigenvalue weighted by molar-refractivity contribution is 6.35. The number of benzene rings is 1. The fourth-order valence-electron chi connectivity index (χ4n) is 1.14. The molecule has 5 nitrogen and oxygen atoms in total. The number of nitrogen functional groups attached to an aromatic ring is 1. The van der Waals surface area contributed by atoms with E-state index in [1.54, 1.807) is 18.2 Å². The Morgan fingerprint density at radius 2 is 1.82 bits per heavy atom. The molecule has 3 N–H and O–H groups in total. The van der Waals surface area contributed by atoms with Gasteiger partial charge in [-0.15, -0.1) is 0 Å². The third kappa shape index (κ3) is 3.09.